The van der Waals surface area contributed by atoms with Gasteiger partial charge < -0.3 is 20.3 Å². The lowest BCUT2D eigenvalue weighted by Crippen LogP contribution is -2.43. The molecule has 0 aliphatic heterocycles. The summed E-state index contributed by atoms with van der Waals surface area (Å²) in [6.07, 6.45) is 0. The largest absolute Gasteiger partial charge is 0.383 e. The molecule has 0 heterocycles. The summed E-state index contributed by atoms with van der Waals surface area (Å²) < 4.78 is 18.3. The Balaban J connectivity index is 2.68. The van der Waals surface area contributed by atoms with Crippen LogP contribution in [0.3, 0.4) is 0 Å². The van der Waals surface area contributed by atoms with Crippen LogP contribution in [0.1, 0.15) is 11.1 Å². The quantitative estimate of drug-likeness (QED) is 0.444. The fraction of sp³-hybridized carbons (Fsp3) is 0.500. The van der Waals surface area contributed by atoms with Gasteiger partial charge in [-0.2, -0.15) is 0 Å². The summed E-state index contributed by atoms with van der Waals surface area (Å²) in [6, 6.07) is 4.89. The SMILES string of the molecule is COCCNC(=NCc1ccc(F)c(C)c1)NCC(=O)N(C)C. The van der Waals surface area contributed by atoms with Crippen LogP contribution < -0.4 is 10.6 Å². The van der Waals surface area contributed by atoms with Gasteiger partial charge in [0.05, 0.1) is 19.7 Å². The second kappa shape index (κ2) is 9.78. The van der Waals surface area contributed by atoms with Gasteiger partial charge in [-0.3, -0.25) is 4.79 Å². The number of halogens is 1. The maximum atomic E-state index is 13.3. The molecule has 128 valence electrons. The minimum atomic E-state index is -0.231. The number of ether oxygens (including phenoxy) is 1. The van der Waals surface area contributed by atoms with Crippen molar-refractivity contribution in [3.63, 3.8) is 0 Å². The zero-order valence-corrected chi connectivity index (χ0v) is 14.1. The normalized spacial score (nSPS) is 11.3. The molecule has 0 fully saturated rings. The third-order valence-electron chi connectivity index (χ3n) is 3.15. The molecule has 0 aliphatic rings. The Hall–Kier alpha value is -2.15. The second-order valence-electron chi connectivity index (χ2n) is 5.31. The van der Waals surface area contributed by atoms with Gasteiger partial charge >= 0.3 is 0 Å². The predicted octanol–water partition coefficient (Wildman–Crippen LogP) is 0.904. The molecular weight excluding hydrogens is 299 g/mol. The summed E-state index contributed by atoms with van der Waals surface area (Å²) >= 11 is 0. The van der Waals surface area contributed by atoms with E-state index in [1.807, 2.05) is 0 Å². The maximum absolute atomic E-state index is 13.3. The maximum Gasteiger partial charge on any atom is 0.241 e. The number of benzene rings is 1. The average Bonchev–Trinajstić information content (AvgIpc) is 2.52. The molecular formula is C16H25FN4O2. The van der Waals surface area contributed by atoms with Gasteiger partial charge in [-0.1, -0.05) is 12.1 Å². The number of nitrogens with one attached hydrogen (secondary N) is 2. The third-order valence-corrected chi connectivity index (χ3v) is 3.15. The topological polar surface area (TPSA) is 66.0 Å². The number of likely N-dealkylation sites (N-methyl/N-ethyl adjacent to an activating group) is 1. The first-order valence-corrected chi connectivity index (χ1v) is 7.40. The number of carbonyl (C=O) groups is 1. The smallest absolute Gasteiger partial charge is 0.241 e. The van der Waals surface area contributed by atoms with Gasteiger partial charge in [0.2, 0.25) is 5.91 Å². The van der Waals surface area contributed by atoms with Crippen LogP contribution >= 0.6 is 0 Å². The van der Waals surface area contributed by atoms with E-state index in [0.29, 0.717) is 31.2 Å². The average molecular weight is 324 g/mol. The van der Waals surface area contributed by atoms with Crippen molar-refractivity contribution in [3.8, 4) is 0 Å². The van der Waals surface area contributed by atoms with Crippen LogP contribution in [0, 0.1) is 12.7 Å². The Kier molecular flexibility index (Phi) is 8.04. The minimum absolute atomic E-state index is 0.0520. The van der Waals surface area contributed by atoms with Gasteiger partial charge in [-0.15, -0.1) is 0 Å². The molecule has 0 unspecified atom stereocenters. The molecule has 7 heteroatoms. The molecule has 0 spiro atoms. The first-order chi connectivity index (χ1) is 10.9. The van der Waals surface area contributed by atoms with Gasteiger partial charge in [-0.25, -0.2) is 9.38 Å². The molecule has 0 saturated heterocycles. The van der Waals surface area contributed by atoms with E-state index in [2.05, 4.69) is 15.6 Å². The van der Waals surface area contributed by atoms with Gasteiger partial charge in [0, 0.05) is 27.7 Å². The van der Waals surface area contributed by atoms with Crippen LogP contribution in [0.15, 0.2) is 23.2 Å². The van der Waals surface area contributed by atoms with Gasteiger partial charge in [0.25, 0.3) is 0 Å². The van der Waals surface area contributed by atoms with Crippen LogP contribution in [-0.2, 0) is 16.1 Å². The van der Waals surface area contributed by atoms with Crippen LogP contribution in [-0.4, -0.2) is 57.7 Å². The zero-order valence-electron chi connectivity index (χ0n) is 14.1. The number of nitrogens with zero attached hydrogens (tertiary/aromatic N) is 2. The van der Waals surface area contributed by atoms with Crippen LogP contribution in [0.5, 0.6) is 0 Å². The second-order valence-corrected chi connectivity index (χ2v) is 5.31. The minimum Gasteiger partial charge on any atom is -0.383 e. The number of methoxy groups -OCH3 is 1. The highest BCUT2D eigenvalue weighted by atomic mass is 19.1. The summed E-state index contributed by atoms with van der Waals surface area (Å²) in [6.45, 7) is 3.35. The molecule has 0 aromatic heterocycles. The van der Waals surface area contributed by atoms with Gasteiger partial charge in [-0.05, 0) is 24.1 Å². The zero-order chi connectivity index (χ0) is 17.2. The molecule has 1 aromatic rings. The van der Waals surface area contributed by atoms with E-state index in [-0.39, 0.29) is 18.3 Å². The lowest BCUT2D eigenvalue weighted by atomic mass is 10.1. The number of guanidine groups is 1. The summed E-state index contributed by atoms with van der Waals surface area (Å²) in [5.41, 5.74) is 1.48. The standard InChI is InChI=1S/C16H25FN4O2/c1-12-9-13(5-6-14(12)17)10-19-16(18-7-8-23-4)20-11-15(22)21(2)3/h5-6,9H,7-8,10-11H2,1-4H3,(H2,18,19,20). The molecule has 23 heavy (non-hydrogen) atoms. The predicted molar refractivity (Wildman–Crippen MR) is 88.9 cm³/mol. The fourth-order valence-electron chi connectivity index (χ4n) is 1.74. The Morgan fingerprint density at radius 1 is 1.35 bits per heavy atom. The summed E-state index contributed by atoms with van der Waals surface area (Å²) in [4.78, 5) is 17.6. The first-order valence-electron chi connectivity index (χ1n) is 7.40. The first kappa shape index (κ1) is 18.9. The molecule has 0 bridgehead atoms. The van der Waals surface area contributed by atoms with Crippen molar-refractivity contribution in [2.45, 2.75) is 13.5 Å². The van der Waals surface area contributed by atoms with Crippen LogP contribution in [0.4, 0.5) is 4.39 Å². The molecule has 0 radical (unpaired) electrons. The molecule has 1 amide bonds. The number of carbonyl (C=O) groups excluding carboxylic acids is 1. The Morgan fingerprint density at radius 3 is 2.70 bits per heavy atom. The molecule has 2 N–H and O–H groups in total. The van der Waals surface area contributed by atoms with E-state index in [1.165, 1.54) is 11.0 Å². The highest BCUT2D eigenvalue weighted by Crippen LogP contribution is 2.09. The lowest BCUT2D eigenvalue weighted by molar-refractivity contribution is -0.127. The van der Waals surface area contributed by atoms with Crippen molar-refractivity contribution in [2.75, 3.05) is 40.9 Å². The number of aliphatic imine (C=N–C) groups is 1. The van der Waals surface area contributed by atoms with E-state index in [0.717, 1.165) is 5.56 Å². The van der Waals surface area contributed by atoms with Crippen molar-refractivity contribution >= 4 is 11.9 Å². The van der Waals surface area contributed by atoms with Crippen molar-refractivity contribution in [1.82, 2.24) is 15.5 Å². The Morgan fingerprint density at radius 2 is 2.09 bits per heavy atom. The number of aryl methyl sites for hydroxylation is 1. The summed E-state index contributed by atoms with van der Waals surface area (Å²) in [7, 11) is 5.00. The van der Waals surface area contributed by atoms with Crippen molar-refractivity contribution in [2.24, 2.45) is 4.99 Å². The number of rotatable bonds is 7. The van der Waals surface area contributed by atoms with Crippen molar-refractivity contribution in [1.29, 1.82) is 0 Å². The van der Waals surface area contributed by atoms with Crippen molar-refractivity contribution < 1.29 is 13.9 Å². The van der Waals surface area contributed by atoms with Crippen LogP contribution in [0.2, 0.25) is 0 Å². The highest BCUT2D eigenvalue weighted by molar-refractivity contribution is 5.86. The number of hydrogen-bond acceptors (Lipinski definition) is 3. The van der Waals surface area contributed by atoms with E-state index in [1.54, 1.807) is 40.3 Å². The summed E-state index contributed by atoms with van der Waals surface area (Å²) in [5.74, 6) is 0.231. The van der Waals surface area contributed by atoms with E-state index < -0.39 is 0 Å². The van der Waals surface area contributed by atoms with Crippen LogP contribution in [0.25, 0.3) is 0 Å². The molecule has 0 aliphatic carbocycles. The molecule has 1 rings (SSSR count). The molecule has 0 saturated carbocycles. The number of amides is 1. The number of hydrogen-bond donors (Lipinski definition) is 2. The molecule has 6 nitrogen and oxygen atoms in total. The molecule has 1 aromatic carbocycles. The fourth-order valence-corrected chi connectivity index (χ4v) is 1.74. The highest BCUT2D eigenvalue weighted by Gasteiger charge is 2.06. The summed E-state index contributed by atoms with van der Waals surface area (Å²) in [5, 5.41) is 6.05. The van der Waals surface area contributed by atoms with E-state index in [4.69, 9.17) is 4.74 Å². The Bertz CT molecular complexity index is 547. The lowest BCUT2D eigenvalue weighted by Gasteiger charge is -2.15. The Labute approximate surface area is 136 Å². The molecule has 0 atom stereocenters. The van der Waals surface area contributed by atoms with E-state index in [9.17, 15) is 9.18 Å². The monoisotopic (exact) mass is 324 g/mol. The van der Waals surface area contributed by atoms with E-state index >= 15 is 0 Å². The third kappa shape index (κ3) is 7.10. The van der Waals surface area contributed by atoms with Gasteiger partial charge in [0.1, 0.15) is 5.82 Å². The van der Waals surface area contributed by atoms with Gasteiger partial charge in [0.15, 0.2) is 5.96 Å². The van der Waals surface area contributed by atoms with Crippen molar-refractivity contribution in [3.05, 3.63) is 35.1 Å².